The first-order valence-electron chi connectivity index (χ1n) is 6.40. The summed E-state index contributed by atoms with van der Waals surface area (Å²) in [5.74, 6) is 0.651. The first-order valence-corrected chi connectivity index (χ1v) is 7.69. The van der Waals surface area contributed by atoms with Crippen molar-refractivity contribution in [1.82, 2.24) is 10.2 Å². The van der Waals surface area contributed by atoms with E-state index in [-0.39, 0.29) is 0 Å². The summed E-state index contributed by atoms with van der Waals surface area (Å²) < 4.78 is 0. The van der Waals surface area contributed by atoms with Crippen molar-refractivity contribution < 1.29 is 0 Å². The van der Waals surface area contributed by atoms with Crippen molar-refractivity contribution >= 4 is 40.5 Å². The van der Waals surface area contributed by atoms with E-state index in [1.165, 1.54) is 0 Å². The molecule has 1 fully saturated rings. The second kappa shape index (κ2) is 7.55. The topological polar surface area (TPSA) is 18.5 Å². The lowest BCUT2D eigenvalue weighted by Gasteiger charge is -2.36. The van der Waals surface area contributed by atoms with Gasteiger partial charge in [-0.15, -0.1) is 11.6 Å². The van der Waals surface area contributed by atoms with Gasteiger partial charge in [0.15, 0.2) is 0 Å². The van der Waals surface area contributed by atoms with Gasteiger partial charge in [-0.25, -0.2) is 0 Å². The number of hydrogen-bond acceptors (Lipinski definition) is 3. The summed E-state index contributed by atoms with van der Waals surface area (Å²) in [5, 5.41) is 4.58. The van der Waals surface area contributed by atoms with Gasteiger partial charge in [0.05, 0.1) is 15.7 Å². The van der Waals surface area contributed by atoms with Crippen LogP contribution in [-0.2, 0) is 0 Å². The monoisotopic (exact) mass is 321 g/mol. The van der Waals surface area contributed by atoms with Crippen LogP contribution in [0.3, 0.4) is 0 Å². The van der Waals surface area contributed by atoms with Crippen molar-refractivity contribution in [3.05, 3.63) is 28.2 Å². The Bertz CT molecular complexity index is 406. The van der Waals surface area contributed by atoms with E-state index in [9.17, 15) is 0 Å². The smallest absolute Gasteiger partial charge is 0.0825 e. The normalized spacial score (nSPS) is 16.9. The lowest BCUT2D eigenvalue weighted by atomic mass is 10.2. The molecule has 0 saturated carbocycles. The molecule has 0 aliphatic carbocycles. The van der Waals surface area contributed by atoms with Crippen LogP contribution in [-0.4, -0.2) is 50.2 Å². The molecule has 1 heterocycles. The molecule has 19 heavy (non-hydrogen) atoms. The van der Waals surface area contributed by atoms with Crippen molar-refractivity contribution in [1.29, 1.82) is 0 Å². The summed E-state index contributed by atoms with van der Waals surface area (Å²) in [6, 6.07) is 5.79. The number of alkyl halides is 1. The molecule has 0 bridgehead atoms. The van der Waals surface area contributed by atoms with E-state index in [1.54, 1.807) is 0 Å². The van der Waals surface area contributed by atoms with Crippen LogP contribution >= 0.6 is 34.8 Å². The Hall–Kier alpha value is -0.190. The molecule has 0 radical (unpaired) electrons. The molecule has 1 saturated heterocycles. The number of anilines is 1. The number of nitrogens with one attached hydrogen (secondary N) is 1. The summed E-state index contributed by atoms with van der Waals surface area (Å²) in [6.07, 6.45) is 0. The summed E-state index contributed by atoms with van der Waals surface area (Å²) in [6.45, 7) is 5.69. The van der Waals surface area contributed by atoms with E-state index in [0.29, 0.717) is 15.9 Å². The summed E-state index contributed by atoms with van der Waals surface area (Å²) in [4.78, 5) is 4.66. The lowest BCUT2D eigenvalue weighted by Crippen LogP contribution is -2.49. The standard InChI is InChI=1S/C13H18Cl3N3/c14-4-5-17-10-18-6-8-19(9-7-18)12-3-1-2-11(15)13(12)16/h1-3,17H,4-10H2. The molecule has 0 unspecified atom stereocenters. The van der Waals surface area contributed by atoms with Crippen LogP contribution in [0, 0.1) is 0 Å². The molecule has 0 atom stereocenters. The van der Waals surface area contributed by atoms with Gasteiger partial charge in [0.1, 0.15) is 0 Å². The molecular weight excluding hydrogens is 305 g/mol. The Kier molecular flexibility index (Phi) is 6.05. The molecule has 1 aliphatic heterocycles. The number of halogens is 3. The van der Waals surface area contributed by atoms with E-state index < -0.39 is 0 Å². The fourth-order valence-electron chi connectivity index (χ4n) is 2.19. The molecule has 1 aromatic rings. The zero-order chi connectivity index (χ0) is 13.7. The van der Waals surface area contributed by atoms with Crippen molar-refractivity contribution in [2.24, 2.45) is 0 Å². The molecule has 2 rings (SSSR count). The Balaban J connectivity index is 1.87. The van der Waals surface area contributed by atoms with Gasteiger partial charge in [-0.1, -0.05) is 29.3 Å². The molecule has 6 heteroatoms. The molecule has 1 aliphatic rings. The van der Waals surface area contributed by atoms with Gasteiger partial charge < -0.3 is 10.2 Å². The Labute approximate surface area is 129 Å². The average molecular weight is 323 g/mol. The van der Waals surface area contributed by atoms with E-state index in [4.69, 9.17) is 34.8 Å². The van der Waals surface area contributed by atoms with E-state index in [2.05, 4.69) is 15.1 Å². The highest BCUT2D eigenvalue weighted by Crippen LogP contribution is 2.32. The third kappa shape index (κ3) is 4.14. The lowest BCUT2D eigenvalue weighted by molar-refractivity contribution is 0.241. The fourth-order valence-corrected chi connectivity index (χ4v) is 2.74. The van der Waals surface area contributed by atoms with Crippen LogP contribution in [0.25, 0.3) is 0 Å². The zero-order valence-corrected chi connectivity index (χ0v) is 13.0. The SMILES string of the molecule is ClCCNCN1CCN(c2cccc(Cl)c2Cl)CC1. The van der Waals surface area contributed by atoms with Crippen molar-refractivity contribution in [3.63, 3.8) is 0 Å². The maximum absolute atomic E-state index is 6.25. The largest absolute Gasteiger partial charge is 0.368 e. The van der Waals surface area contributed by atoms with Gasteiger partial charge in [-0.05, 0) is 12.1 Å². The van der Waals surface area contributed by atoms with Crippen LogP contribution in [0.2, 0.25) is 10.0 Å². The quantitative estimate of drug-likeness (QED) is 0.664. The average Bonchev–Trinajstić information content (AvgIpc) is 2.43. The van der Waals surface area contributed by atoms with Crippen LogP contribution in [0.5, 0.6) is 0 Å². The third-order valence-electron chi connectivity index (χ3n) is 3.25. The van der Waals surface area contributed by atoms with Crippen LogP contribution < -0.4 is 10.2 Å². The fraction of sp³-hybridized carbons (Fsp3) is 0.538. The minimum absolute atomic E-state index is 0.616. The Morgan fingerprint density at radius 2 is 1.84 bits per heavy atom. The summed E-state index contributed by atoms with van der Waals surface area (Å²) in [5.41, 5.74) is 1.03. The number of piperazine rings is 1. The molecule has 0 aromatic heterocycles. The molecule has 106 valence electrons. The predicted molar refractivity (Wildman–Crippen MR) is 83.8 cm³/mol. The van der Waals surface area contributed by atoms with Gasteiger partial charge in [0.2, 0.25) is 0 Å². The number of hydrogen-bond donors (Lipinski definition) is 1. The Morgan fingerprint density at radius 3 is 2.53 bits per heavy atom. The third-order valence-corrected chi connectivity index (χ3v) is 4.25. The molecule has 0 amide bonds. The second-order valence-electron chi connectivity index (χ2n) is 4.53. The maximum Gasteiger partial charge on any atom is 0.0825 e. The molecule has 0 spiro atoms. The number of nitrogens with zero attached hydrogens (tertiary/aromatic N) is 2. The predicted octanol–water partition coefficient (Wildman–Crippen LogP) is 2.90. The van der Waals surface area contributed by atoms with E-state index in [0.717, 1.165) is 45.1 Å². The summed E-state index contributed by atoms with van der Waals surface area (Å²) >= 11 is 17.9. The summed E-state index contributed by atoms with van der Waals surface area (Å²) in [7, 11) is 0. The minimum Gasteiger partial charge on any atom is -0.368 e. The molecule has 1 aromatic carbocycles. The van der Waals surface area contributed by atoms with Gasteiger partial charge in [-0.3, -0.25) is 4.90 Å². The highest BCUT2D eigenvalue weighted by Gasteiger charge is 2.19. The first-order chi connectivity index (χ1) is 9.22. The van der Waals surface area contributed by atoms with Gasteiger partial charge in [0, 0.05) is 45.3 Å². The van der Waals surface area contributed by atoms with E-state index >= 15 is 0 Å². The van der Waals surface area contributed by atoms with Crippen molar-refractivity contribution in [3.8, 4) is 0 Å². The minimum atomic E-state index is 0.616. The number of benzene rings is 1. The highest BCUT2D eigenvalue weighted by molar-refractivity contribution is 6.43. The number of rotatable bonds is 5. The maximum atomic E-state index is 6.25. The molecule has 1 N–H and O–H groups in total. The second-order valence-corrected chi connectivity index (χ2v) is 5.69. The van der Waals surface area contributed by atoms with Crippen molar-refractivity contribution in [2.75, 3.05) is 50.2 Å². The van der Waals surface area contributed by atoms with Gasteiger partial charge >= 0.3 is 0 Å². The Morgan fingerprint density at radius 1 is 1.11 bits per heavy atom. The highest BCUT2D eigenvalue weighted by atomic mass is 35.5. The van der Waals surface area contributed by atoms with E-state index in [1.807, 2.05) is 18.2 Å². The van der Waals surface area contributed by atoms with Gasteiger partial charge in [0.25, 0.3) is 0 Å². The van der Waals surface area contributed by atoms with Gasteiger partial charge in [-0.2, -0.15) is 0 Å². The first kappa shape index (κ1) is 15.2. The zero-order valence-electron chi connectivity index (χ0n) is 10.7. The van der Waals surface area contributed by atoms with Crippen LogP contribution in [0.4, 0.5) is 5.69 Å². The molecule has 3 nitrogen and oxygen atoms in total. The van der Waals surface area contributed by atoms with Crippen molar-refractivity contribution in [2.45, 2.75) is 0 Å². The molecular formula is C13H18Cl3N3. The van der Waals surface area contributed by atoms with Crippen LogP contribution in [0.15, 0.2) is 18.2 Å². The van der Waals surface area contributed by atoms with Crippen LogP contribution in [0.1, 0.15) is 0 Å².